The van der Waals surface area contributed by atoms with Gasteiger partial charge in [0, 0.05) is 24.1 Å². The fraction of sp³-hybridized carbons (Fsp3) is 0.385. The number of hydrogen-bond acceptors (Lipinski definition) is 6. The average Bonchev–Trinajstić information content (AvgIpc) is 3.32. The van der Waals surface area contributed by atoms with Gasteiger partial charge in [-0.05, 0) is 62.2 Å². The van der Waals surface area contributed by atoms with E-state index in [-0.39, 0.29) is 11.9 Å². The van der Waals surface area contributed by atoms with Crippen LogP contribution in [0, 0.1) is 13.8 Å². The first-order valence-electron chi connectivity index (χ1n) is 11.5. The van der Waals surface area contributed by atoms with Crippen molar-refractivity contribution in [2.24, 2.45) is 4.99 Å². The molecule has 2 aromatic rings. The van der Waals surface area contributed by atoms with Gasteiger partial charge in [0.2, 0.25) is 0 Å². The van der Waals surface area contributed by atoms with Gasteiger partial charge in [-0.25, -0.2) is 4.99 Å². The van der Waals surface area contributed by atoms with Crippen molar-refractivity contribution in [3.63, 3.8) is 0 Å². The Morgan fingerprint density at radius 3 is 2.55 bits per heavy atom. The minimum Gasteiger partial charge on any atom is -0.497 e. The molecule has 0 N–H and O–H groups in total. The summed E-state index contributed by atoms with van der Waals surface area (Å²) in [6, 6.07) is 12.6. The summed E-state index contributed by atoms with van der Waals surface area (Å²) in [6.45, 7) is 4.18. The molecule has 2 fully saturated rings. The molecule has 0 aromatic heterocycles. The number of carbonyl (C=O) groups is 1. The second kappa shape index (κ2) is 9.11. The number of thioether (sulfide) groups is 2. The summed E-state index contributed by atoms with van der Waals surface area (Å²) in [6.07, 6.45) is 5.67. The number of methoxy groups -OCH3 is 1. The highest BCUT2D eigenvalue weighted by Gasteiger charge is 2.42. The summed E-state index contributed by atoms with van der Waals surface area (Å²) in [4.78, 5) is 24.9. The van der Waals surface area contributed by atoms with E-state index in [1.54, 1.807) is 18.9 Å². The van der Waals surface area contributed by atoms with Crippen LogP contribution >= 0.6 is 23.5 Å². The molecule has 172 valence electrons. The number of rotatable bonds is 3. The van der Waals surface area contributed by atoms with Gasteiger partial charge in [0.05, 0.1) is 23.5 Å². The summed E-state index contributed by atoms with van der Waals surface area (Å²) in [5.74, 6) is 0.906. The molecule has 7 heteroatoms. The number of amides is 1. The van der Waals surface area contributed by atoms with Crippen LogP contribution in [0.1, 0.15) is 43.2 Å². The molecule has 1 aliphatic carbocycles. The molecular formula is C26H29N3O2S2. The van der Waals surface area contributed by atoms with Gasteiger partial charge in [0.15, 0.2) is 5.17 Å². The van der Waals surface area contributed by atoms with Crippen LogP contribution in [0.2, 0.25) is 0 Å². The van der Waals surface area contributed by atoms with Gasteiger partial charge in [-0.3, -0.25) is 9.69 Å². The molecule has 3 aliphatic rings. The Kier molecular flexibility index (Phi) is 6.18. The Balaban J connectivity index is 1.56. The average molecular weight is 480 g/mol. The molecule has 2 heterocycles. The van der Waals surface area contributed by atoms with E-state index < -0.39 is 0 Å². The highest BCUT2D eigenvalue weighted by Crippen LogP contribution is 2.51. The van der Waals surface area contributed by atoms with Crippen molar-refractivity contribution in [3.8, 4) is 5.75 Å². The number of aliphatic imine (C=N–C) groups is 1. The van der Waals surface area contributed by atoms with Gasteiger partial charge in [-0.2, -0.15) is 0 Å². The van der Waals surface area contributed by atoms with Crippen LogP contribution in [0.4, 0.5) is 11.4 Å². The number of amidine groups is 1. The molecule has 0 bridgehead atoms. The molecule has 0 spiro atoms. The minimum atomic E-state index is 0.0875. The third-order valence-corrected chi connectivity index (χ3v) is 8.96. The molecular weight excluding hydrogens is 450 g/mol. The predicted molar refractivity (Wildman–Crippen MR) is 139 cm³/mol. The van der Waals surface area contributed by atoms with E-state index >= 15 is 0 Å². The molecule has 2 aliphatic heterocycles. The zero-order valence-corrected chi connectivity index (χ0v) is 21.2. The maximum Gasteiger partial charge on any atom is 0.269 e. The number of aryl methyl sites for hydroxylation is 2. The monoisotopic (exact) mass is 479 g/mol. The summed E-state index contributed by atoms with van der Waals surface area (Å²) < 4.78 is 5.42. The molecule has 1 amide bonds. The van der Waals surface area contributed by atoms with E-state index in [0.29, 0.717) is 0 Å². The van der Waals surface area contributed by atoms with E-state index in [9.17, 15) is 4.79 Å². The van der Waals surface area contributed by atoms with E-state index in [0.717, 1.165) is 55.5 Å². The number of nitrogens with zero attached hydrogens (tertiary/aromatic N) is 3. The second-order valence-electron chi connectivity index (χ2n) is 8.88. The first kappa shape index (κ1) is 22.4. The Labute approximate surface area is 204 Å². The first-order chi connectivity index (χ1) is 16.0. The quantitative estimate of drug-likeness (QED) is 0.463. The number of fused-ring (bicyclic) bond motifs is 1. The Morgan fingerprint density at radius 1 is 1.03 bits per heavy atom. The van der Waals surface area contributed by atoms with Crippen molar-refractivity contribution in [2.75, 3.05) is 19.1 Å². The summed E-state index contributed by atoms with van der Waals surface area (Å²) >= 11 is 3.18. The second-order valence-corrected chi connectivity index (χ2v) is 10.9. The minimum absolute atomic E-state index is 0.0875. The number of hydrogen-bond donors (Lipinski definition) is 0. The van der Waals surface area contributed by atoms with Crippen molar-refractivity contribution in [1.29, 1.82) is 0 Å². The van der Waals surface area contributed by atoms with Gasteiger partial charge < -0.3 is 9.64 Å². The number of ether oxygens (including phenoxy) is 1. The van der Waals surface area contributed by atoms with Crippen LogP contribution in [0.15, 0.2) is 56.2 Å². The number of benzene rings is 2. The van der Waals surface area contributed by atoms with E-state index in [2.05, 4.69) is 43.0 Å². The lowest BCUT2D eigenvalue weighted by Gasteiger charge is -2.30. The molecule has 5 nitrogen and oxygen atoms in total. The highest BCUT2D eigenvalue weighted by molar-refractivity contribution is 8.19. The zero-order chi connectivity index (χ0) is 23.1. The van der Waals surface area contributed by atoms with E-state index in [1.807, 2.05) is 24.1 Å². The van der Waals surface area contributed by atoms with Crippen LogP contribution in [-0.2, 0) is 4.79 Å². The van der Waals surface area contributed by atoms with Crippen LogP contribution in [0.5, 0.6) is 5.75 Å². The Hall–Kier alpha value is -2.38. The fourth-order valence-electron chi connectivity index (χ4n) is 4.74. The molecule has 0 radical (unpaired) electrons. The maximum absolute atomic E-state index is 13.9. The van der Waals surface area contributed by atoms with Crippen molar-refractivity contribution >= 4 is 46.0 Å². The molecule has 2 aromatic carbocycles. The van der Waals surface area contributed by atoms with Crippen molar-refractivity contribution in [3.05, 3.63) is 57.5 Å². The largest absolute Gasteiger partial charge is 0.497 e. The number of carbonyl (C=O) groups excluding carboxylic acids is 1. The Bertz CT molecular complexity index is 1170. The van der Waals surface area contributed by atoms with Crippen LogP contribution in [0.3, 0.4) is 0 Å². The fourth-order valence-corrected chi connectivity index (χ4v) is 7.12. The zero-order valence-electron chi connectivity index (χ0n) is 19.6. The SMILES string of the molecule is COc1ccc2c(c1)N(C)C(=C1SC(=Nc3ccc(C)cc3C)N(C3CCCCC3)C1=O)S2. The van der Waals surface area contributed by atoms with Crippen molar-refractivity contribution in [1.82, 2.24) is 4.90 Å². The van der Waals surface area contributed by atoms with Crippen molar-refractivity contribution in [2.45, 2.75) is 56.9 Å². The molecule has 1 saturated heterocycles. The summed E-state index contributed by atoms with van der Waals surface area (Å²) in [5, 5.41) is 1.78. The third kappa shape index (κ3) is 4.17. The standard InChI is InChI=1S/C26H29N3O2S2/c1-16-10-12-20(17(2)14-16)27-26-29(18-8-6-5-7-9-18)24(30)23(33-26)25-28(3)21-15-19(31-4)11-13-22(21)32-25/h10-15,18H,5-9H2,1-4H3. The maximum atomic E-state index is 13.9. The molecule has 5 rings (SSSR count). The highest BCUT2D eigenvalue weighted by atomic mass is 32.2. The normalized spacial score (nSPS) is 22.4. The van der Waals surface area contributed by atoms with Crippen LogP contribution in [0.25, 0.3) is 0 Å². The lowest BCUT2D eigenvalue weighted by Crippen LogP contribution is -2.40. The van der Waals surface area contributed by atoms with Crippen LogP contribution in [-0.4, -0.2) is 36.2 Å². The van der Waals surface area contributed by atoms with Gasteiger partial charge >= 0.3 is 0 Å². The molecule has 0 unspecified atom stereocenters. The number of anilines is 1. The molecule has 1 saturated carbocycles. The lowest BCUT2D eigenvalue weighted by molar-refractivity contribution is -0.124. The van der Waals surface area contributed by atoms with Gasteiger partial charge in [0.1, 0.15) is 10.7 Å². The summed E-state index contributed by atoms with van der Waals surface area (Å²) in [7, 11) is 3.70. The molecule has 33 heavy (non-hydrogen) atoms. The van der Waals surface area contributed by atoms with Gasteiger partial charge in [0.25, 0.3) is 5.91 Å². The molecule has 0 atom stereocenters. The Morgan fingerprint density at radius 2 is 1.82 bits per heavy atom. The predicted octanol–water partition coefficient (Wildman–Crippen LogP) is 6.62. The smallest absolute Gasteiger partial charge is 0.269 e. The van der Waals surface area contributed by atoms with E-state index in [4.69, 9.17) is 9.73 Å². The van der Waals surface area contributed by atoms with Crippen molar-refractivity contribution < 1.29 is 9.53 Å². The summed E-state index contributed by atoms with van der Waals surface area (Å²) in [5.41, 5.74) is 4.35. The van der Waals surface area contributed by atoms with Gasteiger partial charge in [-0.1, -0.05) is 48.7 Å². The first-order valence-corrected chi connectivity index (χ1v) is 13.1. The van der Waals surface area contributed by atoms with Gasteiger partial charge in [-0.15, -0.1) is 0 Å². The third-order valence-electron chi connectivity index (χ3n) is 6.55. The lowest BCUT2D eigenvalue weighted by atomic mass is 9.94. The van der Waals surface area contributed by atoms with E-state index in [1.165, 1.54) is 36.6 Å². The topological polar surface area (TPSA) is 45.1 Å². The van der Waals surface area contributed by atoms with Crippen LogP contribution < -0.4 is 9.64 Å².